The van der Waals surface area contributed by atoms with Crippen molar-refractivity contribution in [2.75, 3.05) is 11.9 Å². The molecule has 1 unspecified atom stereocenters. The van der Waals surface area contributed by atoms with Crippen molar-refractivity contribution >= 4 is 15.9 Å². The second kappa shape index (κ2) is 7.85. The summed E-state index contributed by atoms with van der Waals surface area (Å²) in [5.74, 6) is 0. The Morgan fingerprint density at radius 3 is 3.00 bits per heavy atom. The van der Waals surface area contributed by atoms with Crippen LogP contribution in [0.1, 0.15) is 44.8 Å². The van der Waals surface area contributed by atoms with Gasteiger partial charge in [0.15, 0.2) is 0 Å². The quantitative estimate of drug-likeness (QED) is 0.588. The summed E-state index contributed by atoms with van der Waals surface area (Å²) in [4.78, 5) is 0. The van der Waals surface area contributed by atoms with Crippen LogP contribution >= 0.6 is 15.9 Å². The summed E-state index contributed by atoms with van der Waals surface area (Å²) in [5.41, 5.74) is 1.14. The zero-order valence-electron chi connectivity index (χ0n) is 10.2. The molecule has 16 heavy (non-hydrogen) atoms. The molecule has 0 radical (unpaired) electrons. The van der Waals surface area contributed by atoms with Crippen molar-refractivity contribution in [1.29, 1.82) is 0 Å². The van der Waals surface area contributed by atoms with Crippen LogP contribution < -0.4 is 5.32 Å². The van der Waals surface area contributed by atoms with E-state index >= 15 is 0 Å². The minimum atomic E-state index is 0.502. The summed E-state index contributed by atoms with van der Waals surface area (Å²) in [7, 11) is 0. The van der Waals surface area contributed by atoms with Gasteiger partial charge in [0.2, 0.25) is 0 Å². The van der Waals surface area contributed by atoms with Crippen molar-refractivity contribution in [3.63, 3.8) is 0 Å². The van der Waals surface area contributed by atoms with Gasteiger partial charge in [-0.15, -0.1) is 0 Å². The molecule has 0 aliphatic heterocycles. The first-order chi connectivity index (χ1) is 7.77. The Labute approximate surface area is 107 Å². The highest BCUT2D eigenvalue weighted by Crippen LogP contribution is 2.08. The Balaban J connectivity index is 2.24. The fourth-order valence-electron chi connectivity index (χ4n) is 1.47. The van der Waals surface area contributed by atoms with Crippen LogP contribution in [0.5, 0.6) is 0 Å². The molecule has 0 saturated heterocycles. The SMILES string of the molecule is CCC(C)n1ccc(CNCCCCBr)n1. The van der Waals surface area contributed by atoms with E-state index in [1.807, 2.05) is 0 Å². The lowest BCUT2D eigenvalue weighted by molar-refractivity contribution is 0.471. The van der Waals surface area contributed by atoms with E-state index in [9.17, 15) is 0 Å². The van der Waals surface area contributed by atoms with E-state index in [4.69, 9.17) is 0 Å². The van der Waals surface area contributed by atoms with E-state index in [1.165, 1.54) is 12.8 Å². The second-order valence-electron chi connectivity index (χ2n) is 4.12. The van der Waals surface area contributed by atoms with E-state index < -0.39 is 0 Å². The minimum absolute atomic E-state index is 0.502. The van der Waals surface area contributed by atoms with Gasteiger partial charge < -0.3 is 5.32 Å². The van der Waals surface area contributed by atoms with Crippen LogP contribution in [0.15, 0.2) is 12.3 Å². The zero-order valence-corrected chi connectivity index (χ0v) is 11.8. The van der Waals surface area contributed by atoms with Crippen LogP contribution in [0, 0.1) is 0 Å². The highest BCUT2D eigenvalue weighted by Gasteiger charge is 2.03. The normalized spacial score (nSPS) is 12.9. The lowest BCUT2D eigenvalue weighted by Gasteiger charge is -2.08. The van der Waals surface area contributed by atoms with Crippen LogP contribution in [0.2, 0.25) is 0 Å². The third-order valence-electron chi connectivity index (χ3n) is 2.75. The Morgan fingerprint density at radius 1 is 1.50 bits per heavy atom. The van der Waals surface area contributed by atoms with E-state index in [1.54, 1.807) is 0 Å². The maximum Gasteiger partial charge on any atom is 0.0762 e. The second-order valence-corrected chi connectivity index (χ2v) is 4.91. The summed E-state index contributed by atoms with van der Waals surface area (Å²) in [5, 5.41) is 9.05. The molecule has 0 saturated carbocycles. The number of nitrogens with one attached hydrogen (secondary N) is 1. The molecule has 1 rings (SSSR count). The lowest BCUT2D eigenvalue weighted by atomic mass is 10.3. The molecule has 1 atom stereocenters. The van der Waals surface area contributed by atoms with Gasteiger partial charge >= 0.3 is 0 Å². The maximum atomic E-state index is 4.54. The molecule has 0 aliphatic rings. The highest BCUT2D eigenvalue weighted by atomic mass is 79.9. The Morgan fingerprint density at radius 2 is 2.31 bits per heavy atom. The van der Waals surface area contributed by atoms with Crippen LogP contribution in [-0.4, -0.2) is 21.7 Å². The largest absolute Gasteiger partial charge is 0.311 e. The summed E-state index contributed by atoms with van der Waals surface area (Å²) in [6.45, 7) is 6.33. The molecule has 1 aromatic heterocycles. The molecule has 0 aliphatic carbocycles. The number of hydrogen-bond donors (Lipinski definition) is 1. The number of hydrogen-bond acceptors (Lipinski definition) is 2. The number of aromatic nitrogens is 2. The molecular weight excluding hydrogens is 266 g/mol. The van der Waals surface area contributed by atoms with E-state index in [-0.39, 0.29) is 0 Å². The molecule has 1 aromatic rings. The summed E-state index contributed by atoms with van der Waals surface area (Å²) >= 11 is 3.43. The van der Waals surface area contributed by atoms with Crippen LogP contribution in [0.4, 0.5) is 0 Å². The lowest BCUT2D eigenvalue weighted by Crippen LogP contribution is -2.15. The van der Waals surface area contributed by atoms with Gasteiger partial charge in [-0.1, -0.05) is 22.9 Å². The molecular formula is C12H22BrN3. The van der Waals surface area contributed by atoms with Crippen molar-refractivity contribution in [1.82, 2.24) is 15.1 Å². The maximum absolute atomic E-state index is 4.54. The van der Waals surface area contributed by atoms with Gasteiger partial charge in [-0.3, -0.25) is 4.68 Å². The number of nitrogens with zero attached hydrogens (tertiary/aromatic N) is 2. The molecule has 0 fully saturated rings. The van der Waals surface area contributed by atoms with Crippen molar-refractivity contribution in [2.45, 2.75) is 45.7 Å². The van der Waals surface area contributed by atoms with E-state index in [0.717, 1.165) is 30.5 Å². The molecule has 92 valence electrons. The van der Waals surface area contributed by atoms with Gasteiger partial charge in [0.05, 0.1) is 5.69 Å². The third-order valence-corrected chi connectivity index (χ3v) is 3.31. The fraction of sp³-hybridized carbons (Fsp3) is 0.750. The van der Waals surface area contributed by atoms with Gasteiger partial charge in [-0.25, -0.2) is 0 Å². The molecule has 0 bridgehead atoms. The zero-order chi connectivity index (χ0) is 11.8. The summed E-state index contributed by atoms with van der Waals surface area (Å²) < 4.78 is 2.05. The van der Waals surface area contributed by atoms with Gasteiger partial charge in [-0.05, 0) is 38.8 Å². The number of alkyl halides is 1. The molecule has 4 heteroatoms. The average molecular weight is 288 g/mol. The number of rotatable bonds is 8. The van der Waals surface area contributed by atoms with Gasteiger partial charge in [0.25, 0.3) is 0 Å². The predicted molar refractivity (Wildman–Crippen MR) is 72.0 cm³/mol. The average Bonchev–Trinajstić information content (AvgIpc) is 2.76. The van der Waals surface area contributed by atoms with E-state index in [2.05, 4.69) is 57.1 Å². The van der Waals surface area contributed by atoms with Crippen molar-refractivity contribution < 1.29 is 0 Å². The van der Waals surface area contributed by atoms with Gasteiger partial charge in [0.1, 0.15) is 0 Å². The Kier molecular flexibility index (Phi) is 6.73. The first-order valence-electron chi connectivity index (χ1n) is 6.08. The fourth-order valence-corrected chi connectivity index (χ4v) is 1.86. The van der Waals surface area contributed by atoms with Crippen molar-refractivity contribution in [2.24, 2.45) is 0 Å². The minimum Gasteiger partial charge on any atom is -0.311 e. The molecule has 0 amide bonds. The molecule has 1 N–H and O–H groups in total. The smallest absolute Gasteiger partial charge is 0.0762 e. The Hall–Kier alpha value is -0.350. The van der Waals surface area contributed by atoms with Gasteiger partial charge in [0, 0.05) is 24.1 Å². The molecule has 1 heterocycles. The monoisotopic (exact) mass is 287 g/mol. The number of halogens is 1. The molecule has 0 spiro atoms. The first kappa shape index (κ1) is 13.7. The molecule has 3 nitrogen and oxygen atoms in total. The van der Waals surface area contributed by atoms with Crippen LogP contribution in [0.3, 0.4) is 0 Å². The predicted octanol–water partition coefficient (Wildman–Crippen LogP) is 3.12. The topological polar surface area (TPSA) is 29.9 Å². The summed E-state index contributed by atoms with van der Waals surface area (Å²) in [6.07, 6.45) is 5.65. The van der Waals surface area contributed by atoms with Gasteiger partial charge in [-0.2, -0.15) is 5.10 Å². The van der Waals surface area contributed by atoms with Crippen molar-refractivity contribution in [3.8, 4) is 0 Å². The number of unbranched alkanes of at least 4 members (excludes halogenated alkanes) is 1. The molecule has 0 aromatic carbocycles. The first-order valence-corrected chi connectivity index (χ1v) is 7.20. The Bertz CT molecular complexity index is 286. The third kappa shape index (κ3) is 4.66. The van der Waals surface area contributed by atoms with Crippen LogP contribution in [0.25, 0.3) is 0 Å². The standard InChI is InChI=1S/C12H22BrN3/c1-3-11(2)16-9-6-12(15-16)10-14-8-5-4-7-13/h6,9,11,14H,3-5,7-8,10H2,1-2H3. The van der Waals surface area contributed by atoms with Crippen molar-refractivity contribution in [3.05, 3.63) is 18.0 Å². The van der Waals surface area contributed by atoms with Crippen LogP contribution in [-0.2, 0) is 6.54 Å². The van der Waals surface area contributed by atoms with E-state index in [0.29, 0.717) is 6.04 Å². The summed E-state index contributed by atoms with van der Waals surface area (Å²) in [6, 6.07) is 2.60. The highest BCUT2D eigenvalue weighted by molar-refractivity contribution is 9.09.